The van der Waals surface area contributed by atoms with E-state index in [2.05, 4.69) is 20.8 Å². The number of aromatic nitrogens is 2. The maximum Gasteiger partial charge on any atom is 0.257 e. The number of rotatable bonds is 7. The van der Waals surface area contributed by atoms with Gasteiger partial charge in [-0.15, -0.1) is 10.2 Å². The van der Waals surface area contributed by atoms with Crippen LogP contribution in [0.1, 0.15) is 25.7 Å². The molecule has 0 unspecified atom stereocenters. The van der Waals surface area contributed by atoms with Crippen molar-refractivity contribution in [2.75, 3.05) is 10.6 Å². The molecular weight excluding hydrogens is 448 g/mol. The molecule has 0 radical (unpaired) electrons. The first-order chi connectivity index (χ1) is 15.6. The molecule has 7 nitrogen and oxygen atoms in total. The molecule has 1 heterocycles. The molecule has 0 aliphatic heterocycles. The Bertz CT molecular complexity index is 1210. The Morgan fingerprint density at radius 2 is 1.47 bits per heavy atom. The molecule has 32 heavy (non-hydrogen) atoms. The van der Waals surface area contributed by atoms with Gasteiger partial charge in [0.25, 0.3) is 11.8 Å². The molecule has 0 saturated carbocycles. The second-order valence-electron chi connectivity index (χ2n) is 6.60. The van der Waals surface area contributed by atoms with Gasteiger partial charge >= 0.3 is 0 Å². The average molecular weight is 465 g/mol. The summed E-state index contributed by atoms with van der Waals surface area (Å²) >= 11 is 7.08. The monoisotopic (exact) mass is 464 g/mol. The fourth-order valence-corrected chi connectivity index (χ4v) is 3.48. The minimum absolute atomic E-state index is 0.218. The number of carbonyl (C=O) groups is 2. The van der Waals surface area contributed by atoms with Crippen LogP contribution in [0.3, 0.4) is 0 Å². The zero-order valence-electron chi connectivity index (χ0n) is 16.6. The lowest BCUT2D eigenvalue weighted by atomic mass is 10.1. The number of nitrogens with zero attached hydrogens (tertiary/aromatic N) is 2. The first-order valence-corrected chi connectivity index (χ1v) is 10.7. The van der Waals surface area contributed by atoms with E-state index in [4.69, 9.17) is 16.3 Å². The van der Waals surface area contributed by atoms with E-state index in [9.17, 15) is 9.59 Å². The largest absolute Gasteiger partial charge is 0.486 e. The van der Waals surface area contributed by atoms with Gasteiger partial charge in [0.2, 0.25) is 5.13 Å². The molecule has 0 saturated heterocycles. The van der Waals surface area contributed by atoms with Crippen LogP contribution in [0.15, 0.2) is 78.9 Å². The molecule has 0 spiro atoms. The van der Waals surface area contributed by atoms with Crippen LogP contribution in [0.5, 0.6) is 5.75 Å². The van der Waals surface area contributed by atoms with Crippen LogP contribution in [-0.4, -0.2) is 22.0 Å². The Hall–Kier alpha value is -3.75. The van der Waals surface area contributed by atoms with E-state index < -0.39 is 0 Å². The zero-order chi connectivity index (χ0) is 22.3. The van der Waals surface area contributed by atoms with E-state index in [0.29, 0.717) is 37.7 Å². The summed E-state index contributed by atoms with van der Waals surface area (Å²) in [4.78, 5) is 24.7. The minimum Gasteiger partial charge on any atom is -0.486 e. The predicted molar refractivity (Wildman–Crippen MR) is 124 cm³/mol. The topological polar surface area (TPSA) is 93.2 Å². The lowest BCUT2D eigenvalue weighted by molar-refractivity contribution is 0.102. The fourth-order valence-electron chi connectivity index (χ4n) is 2.71. The molecule has 0 aliphatic carbocycles. The number of halogens is 1. The quantitative estimate of drug-likeness (QED) is 0.388. The second kappa shape index (κ2) is 10.0. The second-order valence-corrected chi connectivity index (χ2v) is 8.09. The normalized spacial score (nSPS) is 10.4. The molecule has 1 aromatic heterocycles. The summed E-state index contributed by atoms with van der Waals surface area (Å²) < 4.78 is 5.63. The molecular formula is C23H17ClN4O3S. The summed E-state index contributed by atoms with van der Waals surface area (Å²) in [6.45, 7) is 0.227. The number of hydrogen-bond donors (Lipinski definition) is 2. The minimum atomic E-state index is -0.327. The average Bonchev–Trinajstić information content (AvgIpc) is 3.27. The first-order valence-electron chi connectivity index (χ1n) is 9.55. The number of carbonyl (C=O) groups excluding carboxylic acids is 2. The van der Waals surface area contributed by atoms with Gasteiger partial charge < -0.3 is 10.1 Å². The molecule has 0 fully saturated rings. The van der Waals surface area contributed by atoms with Gasteiger partial charge in [0.1, 0.15) is 12.4 Å². The van der Waals surface area contributed by atoms with E-state index in [1.165, 1.54) is 11.3 Å². The van der Waals surface area contributed by atoms with Gasteiger partial charge in [-0.05, 0) is 60.7 Å². The highest BCUT2D eigenvalue weighted by atomic mass is 35.5. The van der Waals surface area contributed by atoms with Gasteiger partial charge in [0.15, 0.2) is 5.01 Å². The molecule has 4 rings (SSSR count). The summed E-state index contributed by atoms with van der Waals surface area (Å²) in [5.74, 6) is 0.117. The van der Waals surface area contributed by atoms with Gasteiger partial charge in [0.05, 0.1) is 0 Å². The van der Waals surface area contributed by atoms with E-state index >= 15 is 0 Å². The number of ether oxygens (including phenoxy) is 1. The molecule has 0 aliphatic rings. The van der Waals surface area contributed by atoms with Crippen molar-refractivity contribution in [1.29, 1.82) is 0 Å². The van der Waals surface area contributed by atoms with Gasteiger partial charge in [-0.2, -0.15) is 0 Å². The van der Waals surface area contributed by atoms with Crippen molar-refractivity contribution in [1.82, 2.24) is 10.2 Å². The molecule has 160 valence electrons. The Morgan fingerprint density at radius 3 is 2.19 bits per heavy atom. The van der Waals surface area contributed by atoms with E-state index in [0.717, 1.165) is 0 Å². The van der Waals surface area contributed by atoms with Gasteiger partial charge in [-0.1, -0.05) is 41.1 Å². The maximum atomic E-state index is 12.5. The highest BCUT2D eigenvalue weighted by Crippen LogP contribution is 2.21. The summed E-state index contributed by atoms with van der Waals surface area (Å²) in [5, 5.41) is 15.1. The molecule has 2 amide bonds. The third-order valence-electron chi connectivity index (χ3n) is 4.30. The van der Waals surface area contributed by atoms with Gasteiger partial charge in [-0.3, -0.25) is 14.9 Å². The molecule has 9 heteroatoms. The number of amides is 2. The SMILES string of the molecule is O=C(Nc1ccc(C(=O)Nc2nnc(COc3ccc(Cl)cc3)s2)cc1)c1ccccc1. The molecule has 0 atom stereocenters. The van der Waals surface area contributed by atoms with Crippen molar-refractivity contribution in [3.63, 3.8) is 0 Å². The van der Waals surface area contributed by atoms with Crippen LogP contribution in [0.2, 0.25) is 5.02 Å². The van der Waals surface area contributed by atoms with Crippen LogP contribution in [0.25, 0.3) is 0 Å². The third kappa shape index (κ3) is 5.69. The summed E-state index contributed by atoms with van der Waals surface area (Å²) in [5.41, 5.74) is 1.58. The van der Waals surface area contributed by atoms with E-state index in [1.54, 1.807) is 72.8 Å². The highest BCUT2D eigenvalue weighted by molar-refractivity contribution is 7.15. The number of hydrogen-bond acceptors (Lipinski definition) is 6. The maximum absolute atomic E-state index is 12.5. The number of anilines is 2. The highest BCUT2D eigenvalue weighted by Gasteiger charge is 2.12. The zero-order valence-corrected chi connectivity index (χ0v) is 18.2. The Labute approximate surface area is 193 Å². The molecule has 0 bridgehead atoms. The van der Waals surface area contributed by atoms with Crippen LogP contribution in [0, 0.1) is 0 Å². The lowest BCUT2D eigenvalue weighted by Gasteiger charge is -2.06. The lowest BCUT2D eigenvalue weighted by Crippen LogP contribution is -2.13. The van der Waals surface area contributed by atoms with Crippen LogP contribution < -0.4 is 15.4 Å². The summed E-state index contributed by atoms with van der Waals surface area (Å²) in [6.07, 6.45) is 0. The van der Waals surface area contributed by atoms with Crippen LogP contribution in [-0.2, 0) is 6.61 Å². The van der Waals surface area contributed by atoms with Crippen LogP contribution >= 0.6 is 22.9 Å². The van der Waals surface area contributed by atoms with Crippen molar-refractivity contribution in [3.05, 3.63) is 100 Å². The van der Waals surface area contributed by atoms with Gasteiger partial charge in [0, 0.05) is 21.8 Å². The van der Waals surface area contributed by atoms with Crippen molar-refractivity contribution < 1.29 is 14.3 Å². The van der Waals surface area contributed by atoms with Crippen molar-refractivity contribution in [2.24, 2.45) is 0 Å². The molecule has 2 N–H and O–H groups in total. The summed E-state index contributed by atoms with van der Waals surface area (Å²) in [7, 11) is 0. The first kappa shape index (κ1) is 21.5. The van der Waals surface area contributed by atoms with Crippen molar-refractivity contribution >= 4 is 45.6 Å². The van der Waals surface area contributed by atoms with E-state index in [1.807, 2.05) is 6.07 Å². The van der Waals surface area contributed by atoms with Gasteiger partial charge in [-0.25, -0.2) is 0 Å². The van der Waals surface area contributed by atoms with E-state index in [-0.39, 0.29) is 18.4 Å². The smallest absolute Gasteiger partial charge is 0.257 e. The number of nitrogens with one attached hydrogen (secondary N) is 2. The Balaban J connectivity index is 1.31. The van der Waals surface area contributed by atoms with Crippen molar-refractivity contribution in [2.45, 2.75) is 6.61 Å². The predicted octanol–water partition coefficient (Wildman–Crippen LogP) is 5.28. The van der Waals surface area contributed by atoms with Crippen LogP contribution in [0.4, 0.5) is 10.8 Å². The fraction of sp³-hybridized carbons (Fsp3) is 0.0435. The Morgan fingerprint density at radius 1 is 0.812 bits per heavy atom. The molecule has 3 aromatic carbocycles. The standard InChI is InChI=1S/C23H17ClN4O3S/c24-17-8-12-19(13-9-17)31-14-20-27-28-23(32-20)26-22(30)16-6-10-18(11-7-16)25-21(29)15-4-2-1-3-5-15/h1-13H,14H2,(H,25,29)(H,26,28,30). The third-order valence-corrected chi connectivity index (χ3v) is 5.37. The number of benzene rings is 3. The molecule has 4 aromatic rings. The van der Waals surface area contributed by atoms with Crippen molar-refractivity contribution in [3.8, 4) is 5.75 Å². The summed E-state index contributed by atoms with van der Waals surface area (Å²) in [6, 6.07) is 22.5. The Kier molecular flexibility index (Phi) is 6.74.